The number of benzene rings is 2. The summed E-state index contributed by atoms with van der Waals surface area (Å²) in [4.78, 5) is 0. The van der Waals surface area contributed by atoms with Gasteiger partial charge in [0.25, 0.3) is 0 Å². The fourth-order valence-electron chi connectivity index (χ4n) is 1.67. The van der Waals surface area contributed by atoms with Crippen LogP contribution in [0.5, 0.6) is 0 Å². The molecule has 0 radical (unpaired) electrons. The Bertz CT molecular complexity index is 567. The van der Waals surface area contributed by atoms with Crippen LogP contribution in [0.3, 0.4) is 0 Å². The van der Waals surface area contributed by atoms with E-state index in [-0.39, 0.29) is 22.1 Å². The smallest absolute Gasteiger partial charge is 0.182 e. The largest absolute Gasteiger partial charge is 0.398 e. The Balaban J connectivity index is 3.02. The molecule has 0 atom stereocenters. The lowest BCUT2D eigenvalue weighted by atomic mass is 10.1. The molecule has 0 amide bonds. The Morgan fingerprint density at radius 3 is 2.44 bits per heavy atom. The first-order chi connectivity index (χ1) is 7.56. The number of fused-ring (bicyclic) bond motifs is 1. The summed E-state index contributed by atoms with van der Waals surface area (Å²) in [7, 11) is 1.39. The summed E-state index contributed by atoms with van der Waals surface area (Å²) >= 11 is 0. The molecular formula is C11H9F3N2. The summed E-state index contributed by atoms with van der Waals surface area (Å²) in [6, 6.07) is 3.33. The summed E-state index contributed by atoms with van der Waals surface area (Å²) in [6.45, 7) is 0. The number of nitrogens with one attached hydrogen (secondary N) is 1. The van der Waals surface area contributed by atoms with E-state index < -0.39 is 17.5 Å². The molecule has 2 nitrogen and oxygen atoms in total. The maximum Gasteiger partial charge on any atom is 0.182 e. The molecule has 2 rings (SSSR count). The third-order valence-corrected chi connectivity index (χ3v) is 2.43. The second-order valence-electron chi connectivity index (χ2n) is 3.36. The number of rotatable bonds is 1. The van der Waals surface area contributed by atoms with Crippen LogP contribution in [0, 0.1) is 17.5 Å². The lowest BCUT2D eigenvalue weighted by Crippen LogP contribution is -2.00. The lowest BCUT2D eigenvalue weighted by molar-refractivity contribution is 0.513. The molecule has 0 spiro atoms. The van der Waals surface area contributed by atoms with Gasteiger partial charge in [0.15, 0.2) is 11.6 Å². The van der Waals surface area contributed by atoms with E-state index in [1.807, 2.05) is 0 Å². The normalized spacial score (nSPS) is 10.8. The second-order valence-corrected chi connectivity index (χ2v) is 3.36. The standard InChI is InChI=1S/C11H9F3N2/c1-16-11-9-5(4-7(13)10(11)14)8(15)3-2-6(9)12/h2-4,16H,15H2,1H3. The molecule has 84 valence electrons. The highest BCUT2D eigenvalue weighted by atomic mass is 19.2. The molecule has 2 aromatic carbocycles. The van der Waals surface area contributed by atoms with Gasteiger partial charge in [-0.05, 0) is 18.2 Å². The number of hydrogen-bond donors (Lipinski definition) is 2. The Labute approximate surface area is 89.9 Å². The van der Waals surface area contributed by atoms with Crippen molar-refractivity contribution in [2.45, 2.75) is 0 Å². The van der Waals surface area contributed by atoms with E-state index in [2.05, 4.69) is 5.32 Å². The predicted octanol–water partition coefficient (Wildman–Crippen LogP) is 2.88. The topological polar surface area (TPSA) is 38.0 Å². The molecule has 2 aromatic rings. The minimum Gasteiger partial charge on any atom is -0.398 e. The van der Waals surface area contributed by atoms with Gasteiger partial charge in [0.2, 0.25) is 0 Å². The summed E-state index contributed by atoms with van der Waals surface area (Å²) in [5, 5.41) is 2.55. The lowest BCUT2D eigenvalue weighted by Gasteiger charge is -2.10. The van der Waals surface area contributed by atoms with E-state index in [1.54, 1.807) is 0 Å². The van der Waals surface area contributed by atoms with Crippen LogP contribution in [0.1, 0.15) is 0 Å². The molecule has 0 heterocycles. The van der Waals surface area contributed by atoms with Crippen LogP contribution in [-0.2, 0) is 0 Å². The van der Waals surface area contributed by atoms with E-state index in [4.69, 9.17) is 5.73 Å². The average Bonchev–Trinajstić information content (AvgIpc) is 2.26. The van der Waals surface area contributed by atoms with Gasteiger partial charge in [-0.1, -0.05) is 0 Å². The van der Waals surface area contributed by atoms with E-state index in [0.29, 0.717) is 0 Å². The number of nitrogen functional groups attached to an aromatic ring is 1. The summed E-state index contributed by atoms with van der Waals surface area (Å²) in [5.41, 5.74) is 5.56. The molecule has 0 saturated carbocycles. The predicted molar refractivity (Wildman–Crippen MR) is 57.8 cm³/mol. The van der Waals surface area contributed by atoms with Crippen molar-refractivity contribution in [1.29, 1.82) is 0 Å². The van der Waals surface area contributed by atoms with Gasteiger partial charge in [0.1, 0.15) is 5.82 Å². The monoisotopic (exact) mass is 226 g/mol. The van der Waals surface area contributed by atoms with E-state index in [1.165, 1.54) is 13.1 Å². The zero-order valence-corrected chi connectivity index (χ0v) is 8.44. The van der Waals surface area contributed by atoms with E-state index in [0.717, 1.165) is 12.1 Å². The minimum atomic E-state index is -1.11. The molecule has 5 heteroatoms. The Morgan fingerprint density at radius 2 is 1.81 bits per heavy atom. The third-order valence-electron chi connectivity index (χ3n) is 2.43. The SMILES string of the molecule is CNc1c(F)c(F)cc2c(N)ccc(F)c12. The first-order valence-corrected chi connectivity index (χ1v) is 4.59. The highest BCUT2D eigenvalue weighted by Gasteiger charge is 2.16. The van der Waals surface area contributed by atoms with Crippen molar-refractivity contribution >= 4 is 22.1 Å². The van der Waals surface area contributed by atoms with Crippen LogP contribution in [-0.4, -0.2) is 7.05 Å². The van der Waals surface area contributed by atoms with Gasteiger partial charge >= 0.3 is 0 Å². The van der Waals surface area contributed by atoms with Crippen LogP contribution < -0.4 is 11.1 Å². The minimum absolute atomic E-state index is 0.0404. The van der Waals surface area contributed by atoms with Crippen molar-refractivity contribution in [1.82, 2.24) is 0 Å². The van der Waals surface area contributed by atoms with Crippen molar-refractivity contribution in [3.05, 3.63) is 35.7 Å². The van der Waals surface area contributed by atoms with Crippen LogP contribution in [0.4, 0.5) is 24.5 Å². The summed E-state index contributed by atoms with van der Waals surface area (Å²) < 4.78 is 40.2. The van der Waals surface area contributed by atoms with Crippen molar-refractivity contribution in [3.63, 3.8) is 0 Å². The summed E-state index contributed by atoms with van der Waals surface area (Å²) in [5.74, 6) is -2.82. The zero-order chi connectivity index (χ0) is 11.9. The van der Waals surface area contributed by atoms with Crippen LogP contribution in [0.15, 0.2) is 18.2 Å². The molecule has 0 unspecified atom stereocenters. The van der Waals surface area contributed by atoms with Gasteiger partial charge in [-0.2, -0.15) is 0 Å². The van der Waals surface area contributed by atoms with Crippen molar-refractivity contribution in [2.24, 2.45) is 0 Å². The average molecular weight is 226 g/mol. The molecule has 3 N–H and O–H groups in total. The maximum absolute atomic E-state index is 13.5. The summed E-state index contributed by atoms with van der Waals surface area (Å²) in [6.07, 6.45) is 0. The van der Waals surface area contributed by atoms with Crippen molar-refractivity contribution in [2.75, 3.05) is 18.1 Å². The van der Waals surface area contributed by atoms with Crippen LogP contribution in [0.25, 0.3) is 10.8 Å². The molecule has 0 aliphatic rings. The number of anilines is 2. The Kier molecular flexibility index (Phi) is 2.38. The van der Waals surface area contributed by atoms with Crippen LogP contribution in [0.2, 0.25) is 0 Å². The molecule has 0 fully saturated rings. The number of halogens is 3. The van der Waals surface area contributed by atoms with Gasteiger partial charge in [0, 0.05) is 23.5 Å². The molecule has 0 aliphatic heterocycles. The Morgan fingerprint density at radius 1 is 1.12 bits per heavy atom. The van der Waals surface area contributed by atoms with E-state index in [9.17, 15) is 13.2 Å². The third kappa shape index (κ3) is 1.36. The van der Waals surface area contributed by atoms with Gasteiger partial charge in [-0.15, -0.1) is 0 Å². The number of nitrogens with two attached hydrogens (primary N) is 1. The zero-order valence-electron chi connectivity index (χ0n) is 8.44. The van der Waals surface area contributed by atoms with E-state index >= 15 is 0 Å². The molecule has 0 bridgehead atoms. The van der Waals surface area contributed by atoms with Gasteiger partial charge in [-0.3, -0.25) is 0 Å². The number of hydrogen-bond acceptors (Lipinski definition) is 2. The molecular weight excluding hydrogens is 217 g/mol. The molecule has 0 aromatic heterocycles. The van der Waals surface area contributed by atoms with Crippen LogP contribution >= 0.6 is 0 Å². The molecule has 16 heavy (non-hydrogen) atoms. The fourth-order valence-corrected chi connectivity index (χ4v) is 1.67. The van der Waals surface area contributed by atoms with Gasteiger partial charge < -0.3 is 11.1 Å². The quantitative estimate of drug-likeness (QED) is 0.734. The van der Waals surface area contributed by atoms with Gasteiger partial charge in [-0.25, -0.2) is 13.2 Å². The highest BCUT2D eigenvalue weighted by Crippen LogP contribution is 2.33. The fraction of sp³-hybridized carbons (Fsp3) is 0.0909. The first kappa shape index (κ1) is 10.6. The molecule has 0 aliphatic carbocycles. The van der Waals surface area contributed by atoms with Gasteiger partial charge in [0.05, 0.1) is 5.69 Å². The second kappa shape index (κ2) is 3.59. The van der Waals surface area contributed by atoms with Crippen molar-refractivity contribution in [3.8, 4) is 0 Å². The maximum atomic E-state index is 13.5. The highest BCUT2D eigenvalue weighted by molar-refractivity contribution is 6.01. The Hall–Kier alpha value is -1.91. The van der Waals surface area contributed by atoms with Crippen molar-refractivity contribution < 1.29 is 13.2 Å². The molecule has 0 saturated heterocycles. The first-order valence-electron chi connectivity index (χ1n) is 4.59.